The van der Waals surface area contributed by atoms with Crippen LogP contribution in [0.25, 0.3) is 0 Å². The van der Waals surface area contributed by atoms with Gasteiger partial charge in [-0.05, 0) is 6.42 Å². The Bertz CT molecular complexity index is 287. The number of amides is 1. The summed E-state index contributed by atoms with van der Waals surface area (Å²) in [5.74, 6) is -0.321. The van der Waals surface area contributed by atoms with Crippen LogP contribution in [0.3, 0.4) is 0 Å². The van der Waals surface area contributed by atoms with E-state index in [0.29, 0.717) is 25.3 Å². The molecule has 1 rings (SSSR count). The molecule has 1 heterocycles. The summed E-state index contributed by atoms with van der Waals surface area (Å²) < 4.78 is 4.51. The van der Waals surface area contributed by atoms with Crippen molar-refractivity contribution in [2.45, 2.75) is 18.6 Å². The summed E-state index contributed by atoms with van der Waals surface area (Å²) in [6, 6.07) is 0. The molecule has 0 aromatic heterocycles. The first-order valence-electron chi connectivity index (χ1n) is 5.01. The zero-order chi connectivity index (χ0) is 12.2. The Labute approximate surface area is 98.1 Å². The van der Waals surface area contributed by atoms with E-state index in [1.54, 1.807) is 0 Å². The van der Waals surface area contributed by atoms with Gasteiger partial charge in [0.2, 0.25) is 5.72 Å². The summed E-state index contributed by atoms with van der Waals surface area (Å²) >= 11 is 0.998. The molecule has 0 aromatic rings. The highest BCUT2D eigenvalue weighted by Crippen LogP contribution is 2.30. The molecule has 1 unspecified atom stereocenters. The van der Waals surface area contributed by atoms with E-state index in [4.69, 9.17) is 5.73 Å². The Morgan fingerprint density at radius 2 is 2.31 bits per heavy atom. The molecule has 0 bridgehead atoms. The van der Waals surface area contributed by atoms with E-state index in [1.807, 2.05) is 0 Å². The molecule has 0 saturated carbocycles. The second kappa shape index (κ2) is 5.51. The molecule has 1 aliphatic heterocycles. The average Bonchev–Trinajstić information content (AvgIpc) is 2.68. The van der Waals surface area contributed by atoms with Gasteiger partial charge < -0.3 is 15.6 Å². The Morgan fingerprint density at radius 1 is 1.62 bits per heavy atom. The lowest BCUT2D eigenvalue weighted by Crippen LogP contribution is -2.52. The van der Waals surface area contributed by atoms with Crippen molar-refractivity contribution in [1.82, 2.24) is 4.90 Å². The van der Waals surface area contributed by atoms with E-state index in [0.717, 1.165) is 16.7 Å². The number of hydrogen-bond acceptors (Lipinski definition) is 6. The van der Waals surface area contributed by atoms with Crippen LogP contribution in [-0.2, 0) is 9.53 Å². The molecule has 1 aliphatic rings. The van der Waals surface area contributed by atoms with Crippen molar-refractivity contribution in [3.05, 3.63) is 0 Å². The maximum absolute atomic E-state index is 11.7. The molecule has 1 fully saturated rings. The summed E-state index contributed by atoms with van der Waals surface area (Å²) in [5.41, 5.74) is 3.49. The number of ether oxygens (including phenoxy) is 1. The van der Waals surface area contributed by atoms with E-state index in [9.17, 15) is 14.7 Å². The Kier molecular flexibility index (Phi) is 4.57. The van der Waals surface area contributed by atoms with Crippen LogP contribution in [0.1, 0.15) is 12.8 Å². The summed E-state index contributed by atoms with van der Waals surface area (Å²) in [5, 5.41) is 9.74. The third-order valence-corrected chi connectivity index (χ3v) is 3.34. The monoisotopic (exact) mass is 248 g/mol. The second-order valence-electron chi connectivity index (χ2n) is 3.47. The number of rotatable bonds is 3. The maximum Gasteiger partial charge on any atom is 0.359 e. The molecule has 1 amide bonds. The van der Waals surface area contributed by atoms with Crippen molar-refractivity contribution in [3.8, 4) is 0 Å². The van der Waals surface area contributed by atoms with Crippen molar-refractivity contribution < 1.29 is 19.4 Å². The largest absolute Gasteiger partial charge is 0.465 e. The number of thioether (sulfide) groups is 1. The predicted molar refractivity (Wildman–Crippen MR) is 59.8 cm³/mol. The number of aliphatic hydroxyl groups is 1. The van der Waals surface area contributed by atoms with Crippen LogP contribution < -0.4 is 5.73 Å². The highest BCUT2D eigenvalue weighted by atomic mass is 32.2. The highest BCUT2D eigenvalue weighted by molar-refractivity contribution is 8.13. The fourth-order valence-corrected chi connectivity index (χ4v) is 2.34. The summed E-state index contributed by atoms with van der Waals surface area (Å²) in [4.78, 5) is 24.3. The summed E-state index contributed by atoms with van der Waals surface area (Å²) in [6.07, 6.45) is 0.801. The topological polar surface area (TPSA) is 92.9 Å². The number of likely N-dealkylation sites (tertiary alicyclic amines) is 1. The van der Waals surface area contributed by atoms with Crippen LogP contribution in [-0.4, -0.2) is 52.9 Å². The van der Waals surface area contributed by atoms with Crippen LogP contribution in [0.15, 0.2) is 0 Å². The van der Waals surface area contributed by atoms with Gasteiger partial charge in [-0.3, -0.25) is 9.69 Å². The lowest BCUT2D eigenvalue weighted by atomic mass is 10.1. The van der Waals surface area contributed by atoms with Gasteiger partial charge in [0.25, 0.3) is 5.24 Å². The third-order valence-electron chi connectivity index (χ3n) is 2.43. The van der Waals surface area contributed by atoms with E-state index in [-0.39, 0.29) is 11.7 Å². The molecular weight excluding hydrogens is 232 g/mol. The van der Waals surface area contributed by atoms with Gasteiger partial charge >= 0.3 is 5.97 Å². The fourth-order valence-electron chi connectivity index (χ4n) is 1.65. The first kappa shape index (κ1) is 13.3. The molecule has 0 radical (unpaired) electrons. The number of methoxy groups -OCH3 is 1. The molecule has 6 nitrogen and oxygen atoms in total. The SMILES string of the molecule is COC(=O)C1(O)CCCN1C(=O)SCCN. The van der Waals surface area contributed by atoms with Crippen LogP contribution in [0.4, 0.5) is 4.79 Å². The number of nitrogens with zero attached hydrogens (tertiary/aromatic N) is 1. The number of hydrogen-bond donors (Lipinski definition) is 2. The lowest BCUT2D eigenvalue weighted by Gasteiger charge is -2.30. The van der Waals surface area contributed by atoms with Crippen LogP contribution in [0, 0.1) is 0 Å². The number of carbonyl (C=O) groups excluding carboxylic acids is 2. The number of carbonyl (C=O) groups is 2. The number of esters is 1. The zero-order valence-electron chi connectivity index (χ0n) is 9.14. The van der Waals surface area contributed by atoms with Gasteiger partial charge in [0, 0.05) is 25.3 Å². The van der Waals surface area contributed by atoms with E-state index < -0.39 is 11.7 Å². The van der Waals surface area contributed by atoms with Gasteiger partial charge in [0.1, 0.15) is 0 Å². The normalized spacial score (nSPS) is 24.6. The zero-order valence-corrected chi connectivity index (χ0v) is 9.96. The Hall–Kier alpha value is -0.790. The van der Waals surface area contributed by atoms with Crippen molar-refractivity contribution in [2.75, 3.05) is 26.0 Å². The van der Waals surface area contributed by atoms with Crippen molar-refractivity contribution in [1.29, 1.82) is 0 Å². The molecule has 16 heavy (non-hydrogen) atoms. The molecule has 0 aliphatic carbocycles. The van der Waals surface area contributed by atoms with Crippen molar-refractivity contribution in [3.63, 3.8) is 0 Å². The minimum atomic E-state index is -1.80. The minimum absolute atomic E-state index is 0.217. The van der Waals surface area contributed by atoms with Crippen molar-refractivity contribution >= 4 is 23.0 Å². The van der Waals surface area contributed by atoms with Crippen molar-refractivity contribution in [2.24, 2.45) is 5.73 Å². The van der Waals surface area contributed by atoms with E-state index >= 15 is 0 Å². The van der Waals surface area contributed by atoms with Crippen LogP contribution >= 0.6 is 11.8 Å². The molecule has 0 spiro atoms. The maximum atomic E-state index is 11.7. The molecule has 1 atom stereocenters. The quantitative estimate of drug-likeness (QED) is 0.669. The molecule has 0 aromatic carbocycles. The predicted octanol–water partition coefficient (Wildman–Crippen LogP) is -0.244. The molecule has 1 saturated heterocycles. The van der Waals surface area contributed by atoms with Crippen LogP contribution in [0.5, 0.6) is 0 Å². The second-order valence-corrected chi connectivity index (χ2v) is 4.51. The fraction of sp³-hybridized carbons (Fsp3) is 0.778. The Balaban J connectivity index is 2.71. The first-order valence-corrected chi connectivity index (χ1v) is 6.00. The van der Waals surface area contributed by atoms with Gasteiger partial charge in [-0.15, -0.1) is 0 Å². The average molecular weight is 248 g/mol. The van der Waals surface area contributed by atoms with E-state index in [1.165, 1.54) is 7.11 Å². The lowest BCUT2D eigenvalue weighted by molar-refractivity contribution is -0.174. The first-order chi connectivity index (χ1) is 7.56. The van der Waals surface area contributed by atoms with Crippen LogP contribution in [0.2, 0.25) is 0 Å². The molecule has 3 N–H and O–H groups in total. The smallest absolute Gasteiger partial charge is 0.359 e. The summed E-state index contributed by atoms with van der Waals surface area (Å²) in [6.45, 7) is 0.739. The molecular formula is C9H16N2O4S. The van der Waals surface area contributed by atoms with E-state index in [2.05, 4.69) is 4.74 Å². The van der Waals surface area contributed by atoms with Gasteiger partial charge in [0.05, 0.1) is 7.11 Å². The van der Waals surface area contributed by atoms with Gasteiger partial charge in [-0.25, -0.2) is 4.79 Å². The number of nitrogens with two attached hydrogens (primary N) is 1. The summed E-state index contributed by atoms with van der Waals surface area (Å²) in [7, 11) is 1.19. The van der Waals surface area contributed by atoms with Gasteiger partial charge in [-0.1, -0.05) is 11.8 Å². The standard InChI is InChI=1S/C9H16N2O4S/c1-15-7(12)9(14)3-2-5-11(9)8(13)16-6-4-10/h14H,2-6,10H2,1H3. The molecule has 92 valence electrons. The van der Waals surface area contributed by atoms with Gasteiger partial charge in [-0.2, -0.15) is 0 Å². The minimum Gasteiger partial charge on any atom is -0.465 e. The van der Waals surface area contributed by atoms with Gasteiger partial charge in [0.15, 0.2) is 0 Å². The highest BCUT2D eigenvalue weighted by Gasteiger charge is 2.49. The molecule has 7 heteroatoms. The third kappa shape index (κ3) is 2.47. The Morgan fingerprint density at radius 3 is 2.88 bits per heavy atom.